The topological polar surface area (TPSA) is 68.7 Å². The maximum atomic E-state index is 13.3. The van der Waals surface area contributed by atoms with Gasteiger partial charge in [0.2, 0.25) is 0 Å². The lowest BCUT2D eigenvalue weighted by Gasteiger charge is -2.21. The first-order chi connectivity index (χ1) is 13.8. The average Bonchev–Trinajstić information content (AvgIpc) is 2.65. The third kappa shape index (κ3) is 4.77. The molecule has 0 saturated carbocycles. The van der Waals surface area contributed by atoms with E-state index in [1.165, 1.54) is 12.1 Å². The Labute approximate surface area is 173 Å². The highest BCUT2D eigenvalue weighted by molar-refractivity contribution is 6.35. The second-order valence-electron chi connectivity index (χ2n) is 6.93. The monoisotopic (exact) mass is 417 g/mol. The van der Waals surface area contributed by atoms with Crippen LogP contribution in [0.2, 0.25) is 5.02 Å². The minimum Gasteiger partial charge on any atom is -0.490 e. The second-order valence-corrected chi connectivity index (χ2v) is 7.33. The van der Waals surface area contributed by atoms with Crippen LogP contribution in [0.15, 0.2) is 36.4 Å². The van der Waals surface area contributed by atoms with Crippen molar-refractivity contribution in [3.63, 3.8) is 0 Å². The molecule has 0 aliphatic carbocycles. The lowest BCUT2D eigenvalue weighted by Crippen LogP contribution is -2.13. The zero-order valence-electron chi connectivity index (χ0n) is 16.3. The fraction of sp³-hybridized carbons (Fsp3) is 0.273. The minimum atomic E-state index is -1.09. The van der Waals surface area contributed by atoms with Crippen molar-refractivity contribution >= 4 is 28.5 Å². The quantitative estimate of drug-likeness (QED) is 0.573. The lowest BCUT2D eigenvalue weighted by atomic mass is 9.99. The zero-order valence-corrected chi connectivity index (χ0v) is 17.1. The zero-order chi connectivity index (χ0) is 21.1. The van der Waals surface area contributed by atoms with E-state index in [-0.39, 0.29) is 11.9 Å². The summed E-state index contributed by atoms with van der Waals surface area (Å²) in [5.41, 5.74) is 2.89. The number of hydrogen-bond acceptors (Lipinski definition) is 4. The lowest BCUT2D eigenvalue weighted by molar-refractivity contribution is -0.139. The highest BCUT2D eigenvalue weighted by atomic mass is 35.5. The van der Waals surface area contributed by atoms with Crippen molar-refractivity contribution in [3.8, 4) is 11.5 Å². The summed E-state index contributed by atoms with van der Waals surface area (Å²) in [7, 11) is 0. The van der Waals surface area contributed by atoms with Crippen LogP contribution in [-0.2, 0) is 11.2 Å². The summed E-state index contributed by atoms with van der Waals surface area (Å²) in [5.74, 6) is -0.534. The smallest absolute Gasteiger partial charge is 0.341 e. The molecule has 5 nitrogen and oxygen atoms in total. The summed E-state index contributed by atoms with van der Waals surface area (Å²) in [5, 5.41) is 9.94. The Bertz CT molecular complexity index is 1050. The van der Waals surface area contributed by atoms with Gasteiger partial charge in [0.25, 0.3) is 0 Å². The van der Waals surface area contributed by atoms with Gasteiger partial charge in [-0.05, 0) is 50.6 Å². The molecule has 3 aromatic rings. The highest BCUT2D eigenvalue weighted by Crippen LogP contribution is 2.41. The highest BCUT2D eigenvalue weighted by Gasteiger charge is 2.21. The number of aliphatic carboxylic acids is 1. The molecule has 152 valence electrons. The van der Waals surface area contributed by atoms with E-state index in [0.717, 1.165) is 16.8 Å². The number of carboxylic acid groups (broad SMARTS) is 1. The number of fused-ring (bicyclic) bond motifs is 1. The number of halogens is 2. The number of aromatic nitrogens is 1. The van der Waals surface area contributed by atoms with Crippen LogP contribution in [0.25, 0.3) is 10.9 Å². The van der Waals surface area contributed by atoms with Gasteiger partial charge >= 0.3 is 5.97 Å². The first-order valence-corrected chi connectivity index (χ1v) is 9.51. The summed E-state index contributed by atoms with van der Waals surface area (Å²) < 4.78 is 24.9. The van der Waals surface area contributed by atoms with E-state index in [0.29, 0.717) is 33.8 Å². The predicted octanol–water partition coefficient (Wildman–Crippen LogP) is 5.18. The Hall–Kier alpha value is -2.86. The van der Waals surface area contributed by atoms with Crippen LogP contribution >= 0.6 is 11.6 Å². The Morgan fingerprint density at radius 2 is 1.90 bits per heavy atom. The van der Waals surface area contributed by atoms with Crippen molar-refractivity contribution < 1.29 is 23.8 Å². The van der Waals surface area contributed by atoms with Crippen LogP contribution in [0.5, 0.6) is 11.5 Å². The van der Waals surface area contributed by atoms with Gasteiger partial charge in [-0.2, -0.15) is 0 Å². The third-order valence-corrected chi connectivity index (χ3v) is 4.61. The van der Waals surface area contributed by atoms with Crippen molar-refractivity contribution in [2.24, 2.45) is 0 Å². The molecule has 7 heteroatoms. The maximum absolute atomic E-state index is 13.3. The van der Waals surface area contributed by atoms with Crippen LogP contribution in [0.4, 0.5) is 4.39 Å². The van der Waals surface area contributed by atoms with E-state index >= 15 is 0 Å². The molecular weight excluding hydrogens is 397 g/mol. The second kappa shape index (κ2) is 8.66. The molecule has 0 amide bonds. The molecule has 2 aromatic carbocycles. The van der Waals surface area contributed by atoms with Gasteiger partial charge in [-0.3, -0.25) is 4.98 Å². The van der Waals surface area contributed by atoms with Gasteiger partial charge in [-0.1, -0.05) is 23.7 Å². The predicted molar refractivity (Wildman–Crippen MR) is 110 cm³/mol. The molecule has 0 aliphatic rings. The molecule has 0 bridgehead atoms. The van der Waals surface area contributed by atoms with E-state index in [2.05, 4.69) is 4.98 Å². The minimum absolute atomic E-state index is 0.154. The molecule has 0 saturated heterocycles. The van der Waals surface area contributed by atoms with Crippen LogP contribution in [0, 0.1) is 12.7 Å². The molecule has 0 spiro atoms. The number of benzene rings is 2. The first kappa shape index (κ1) is 20.9. The maximum Gasteiger partial charge on any atom is 0.341 e. The van der Waals surface area contributed by atoms with Crippen molar-refractivity contribution in [3.05, 3.63) is 64.1 Å². The molecule has 1 aromatic heterocycles. The number of aryl methyl sites for hydroxylation is 1. The van der Waals surface area contributed by atoms with Gasteiger partial charge in [0, 0.05) is 17.7 Å². The molecule has 0 fully saturated rings. The van der Waals surface area contributed by atoms with Crippen molar-refractivity contribution in [2.75, 3.05) is 6.61 Å². The SMILES string of the molecule is Cc1nc2c(Cl)ccc(OCC(=O)O)c2c(OC(C)C)c1Cc1ccc(F)cc1. The molecule has 0 unspecified atom stereocenters. The Morgan fingerprint density at radius 1 is 1.21 bits per heavy atom. The van der Waals surface area contributed by atoms with E-state index < -0.39 is 12.6 Å². The fourth-order valence-electron chi connectivity index (χ4n) is 3.07. The summed E-state index contributed by atoms with van der Waals surface area (Å²) in [4.78, 5) is 15.6. The van der Waals surface area contributed by atoms with Crippen molar-refractivity contribution in [2.45, 2.75) is 33.3 Å². The molecule has 0 radical (unpaired) electrons. The summed E-state index contributed by atoms with van der Waals surface area (Å²) >= 11 is 6.37. The van der Waals surface area contributed by atoms with E-state index in [9.17, 15) is 9.18 Å². The Morgan fingerprint density at radius 3 is 2.52 bits per heavy atom. The number of pyridine rings is 1. The Kier molecular flexibility index (Phi) is 6.23. The summed E-state index contributed by atoms with van der Waals surface area (Å²) in [6.07, 6.45) is 0.306. The molecular formula is C22H21ClFNO4. The van der Waals surface area contributed by atoms with Gasteiger partial charge < -0.3 is 14.6 Å². The van der Waals surface area contributed by atoms with Crippen LogP contribution < -0.4 is 9.47 Å². The number of rotatable bonds is 7. The van der Waals surface area contributed by atoms with Gasteiger partial charge in [0.05, 0.1) is 22.0 Å². The van der Waals surface area contributed by atoms with Crippen LogP contribution in [0.3, 0.4) is 0 Å². The number of carboxylic acids is 1. The molecule has 3 rings (SSSR count). The van der Waals surface area contributed by atoms with Crippen LogP contribution in [-0.4, -0.2) is 28.8 Å². The van der Waals surface area contributed by atoms with Gasteiger partial charge in [-0.25, -0.2) is 9.18 Å². The number of ether oxygens (including phenoxy) is 2. The number of hydrogen-bond donors (Lipinski definition) is 1. The van der Waals surface area contributed by atoms with E-state index in [1.54, 1.807) is 24.3 Å². The molecule has 1 N–H and O–H groups in total. The summed E-state index contributed by atoms with van der Waals surface area (Å²) in [6.45, 7) is 5.14. The molecule has 1 heterocycles. The van der Waals surface area contributed by atoms with Gasteiger partial charge in [0.15, 0.2) is 6.61 Å². The van der Waals surface area contributed by atoms with E-state index in [4.69, 9.17) is 26.2 Å². The molecule has 0 aliphatic heterocycles. The fourth-order valence-corrected chi connectivity index (χ4v) is 3.27. The average molecular weight is 418 g/mol. The number of carbonyl (C=O) groups is 1. The summed E-state index contributed by atoms with van der Waals surface area (Å²) in [6, 6.07) is 9.45. The van der Waals surface area contributed by atoms with Gasteiger partial charge in [0.1, 0.15) is 17.3 Å². The van der Waals surface area contributed by atoms with Gasteiger partial charge in [-0.15, -0.1) is 0 Å². The number of nitrogens with zero attached hydrogens (tertiary/aromatic N) is 1. The standard InChI is InChI=1S/C22H21ClFNO4/c1-12(2)29-22-16(10-14-4-6-15(24)7-5-14)13(3)25-21-17(23)8-9-18(20(21)22)28-11-19(26)27/h4-9,12H,10-11H2,1-3H3,(H,26,27). The molecule has 29 heavy (non-hydrogen) atoms. The normalized spacial score (nSPS) is 11.1. The van der Waals surface area contributed by atoms with E-state index in [1.807, 2.05) is 20.8 Å². The first-order valence-electron chi connectivity index (χ1n) is 9.13. The van der Waals surface area contributed by atoms with Crippen molar-refractivity contribution in [1.82, 2.24) is 4.98 Å². The molecule has 0 atom stereocenters. The largest absolute Gasteiger partial charge is 0.490 e. The Balaban J connectivity index is 2.23. The third-order valence-electron chi connectivity index (χ3n) is 4.31. The van der Waals surface area contributed by atoms with Crippen molar-refractivity contribution in [1.29, 1.82) is 0 Å². The van der Waals surface area contributed by atoms with Crippen LogP contribution in [0.1, 0.15) is 30.7 Å².